The number of ether oxygens (including phenoxy) is 1. The zero-order chi connectivity index (χ0) is 17.1. The molecule has 2 aliphatic rings. The van der Waals surface area contributed by atoms with E-state index in [1.54, 1.807) is 0 Å². The van der Waals surface area contributed by atoms with E-state index in [2.05, 4.69) is 41.3 Å². The highest BCUT2D eigenvalue weighted by Gasteiger charge is 2.32. The Morgan fingerprint density at radius 2 is 1.52 bits per heavy atom. The van der Waals surface area contributed by atoms with E-state index in [9.17, 15) is 4.79 Å². The van der Waals surface area contributed by atoms with E-state index in [1.807, 2.05) is 12.1 Å². The molecule has 2 aromatic rings. The predicted octanol–water partition coefficient (Wildman–Crippen LogP) is 3.87. The van der Waals surface area contributed by atoms with Gasteiger partial charge >= 0.3 is 0 Å². The van der Waals surface area contributed by atoms with Crippen LogP contribution in [0.1, 0.15) is 36.3 Å². The van der Waals surface area contributed by atoms with E-state index in [4.69, 9.17) is 4.74 Å². The molecule has 0 unspecified atom stereocenters. The number of hydrogen-bond donors (Lipinski definition) is 0. The van der Waals surface area contributed by atoms with Crippen LogP contribution in [0.5, 0.6) is 0 Å². The number of hydrogen-bond acceptors (Lipinski definition) is 3. The lowest BCUT2D eigenvalue weighted by Crippen LogP contribution is -2.36. The third-order valence-electron chi connectivity index (χ3n) is 5.41. The lowest BCUT2D eigenvalue weighted by atomic mass is 9.90. The maximum Gasteiger partial charge on any atom is 0.144 e. The van der Waals surface area contributed by atoms with Crippen molar-refractivity contribution in [2.24, 2.45) is 0 Å². The Hall–Kier alpha value is -1.97. The second kappa shape index (κ2) is 7.51. The zero-order valence-corrected chi connectivity index (χ0v) is 14.6. The summed E-state index contributed by atoms with van der Waals surface area (Å²) in [4.78, 5) is 15.4. The molecule has 0 bridgehead atoms. The van der Waals surface area contributed by atoms with E-state index in [0.29, 0.717) is 12.2 Å². The molecule has 1 aliphatic heterocycles. The van der Waals surface area contributed by atoms with Gasteiger partial charge < -0.3 is 4.74 Å². The Kier molecular flexibility index (Phi) is 4.95. The van der Waals surface area contributed by atoms with Gasteiger partial charge in [0.05, 0.1) is 19.1 Å². The Morgan fingerprint density at radius 3 is 2.16 bits per heavy atom. The number of nitrogens with zero attached hydrogens (tertiary/aromatic N) is 1. The average Bonchev–Trinajstić information content (AvgIpc) is 3.01. The van der Waals surface area contributed by atoms with Gasteiger partial charge in [0.2, 0.25) is 0 Å². The molecule has 1 fully saturated rings. The van der Waals surface area contributed by atoms with Crippen molar-refractivity contribution in [1.29, 1.82) is 0 Å². The summed E-state index contributed by atoms with van der Waals surface area (Å²) < 4.78 is 5.38. The highest BCUT2D eigenvalue weighted by atomic mass is 16.5. The molecule has 0 spiro atoms. The van der Waals surface area contributed by atoms with Gasteiger partial charge in [-0.2, -0.15) is 0 Å². The number of fused-ring (bicyclic) bond motifs is 3. The van der Waals surface area contributed by atoms with Crippen LogP contribution in [-0.4, -0.2) is 43.5 Å². The summed E-state index contributed by atoms with van der Waals surface area (Å²) in [5, 5.41) is 0. The number of unbranched alkanes of at least 4 members (excludes halogenated alkanes) is 1. The molecule has 1 heterocycles. The minimum atomic E-state index is -0.0733. The molecule has 0 atom stereocenters. The van der Waals surface area contributed by atoms with Gasteiger partial charge in [0, 0.05) is 19.5 Å². The molecule has 0 saturated carbocycles. The van der Waals surface area contributed by atoms with E-state index < -0.39 is 0 Å². The van der Waals surface area contributed by atoms with Gasteiger partial charge in [-0.05, 0) is 41.6 Å². The summed E-state index contributed by atoms with van der Waals surface area (Å²) in [7, 11) is 0. The molecular formula is C22H25NO2. The number of benzene rings is 2. The molecule has 25 heavy (non-hydrogen) atoms. The molecule has 0 radical (unpaired) electrons. The SMILES string of the molecule is O=C(CCCCN1CCOCC1)C1c2ccccc2-c2ccccc21. The first-order valence-corrected chi connectivity index (χ1v) is 9.35. The smallest absolute Gasteiger partial charge is 0.144 e. The molecule has 130 valence electrons. The Labute approximate surface area is 149 Å². The minimum absolute atomic E-state index is 0.0733. The van der Waals surface area contributed by atoms with Crippen molar-refractivity contribution in [2.75, 3.05) is 32.8 Å². The number of rotatable bonds is 6. The second-order valence-electron chi connectivity index (χ2n) is 6.98. The summed E-state index contributed by atoms with van der Waals surface area (Å²) in [6, 6.07) is 16.7. The Bertz CT molecular complexity index is 704. The standard InChI is InChI=1S/C22H25NO2/c24-21(11-5-6-12-23-13-15-25-16-14-23)22-19-9-3-1-7-17(19)18-8-2-4-10-20(18)22/h1-4,7-10,22H,5-6,11-16H2. The molecule has 3 heteroatoms. The number of Topliss-reactive ketones (excluding diaryl/α,β-unsaturated/α-hetero) is 1. The van der Waals surface area contributed by atoms with Gasteiger partial charge in [-0.15, -0.1) is 0 Å². The van der Waals surface area contributed by atoms with Crippen molar-refractivity contribution in [3.8, 4) is 11.1 Å². The highest BCUT2D eigenvalue weighted by Crippen LogP contribution is 2.45. The molecular weight excluding hydrogens is 310 g/mol. The maximum absolute atomic E-state index is 13.0. The van der Waals surface area contributed by atoms with Crippen LogP contribution in [-0.2, 0) is 9.53 Å². The third kappa shape index (κ3) is 3.39. The third-order valence-corrected chi connectivity index (χ3v) is 5.41. The molecule has 1 aliphatic carbocycles. The van der Waals surface area contributed by atoms with Crippen molar-refractivity contribution in [2.45, 2.75) is 25.2 Å². The fourth-order valence-electron chi connectivity index (χ4n) is 4.11. The highest BCUT2D eigenvalue weighted by molar-refractivity contribution is 5.97. The van der Waals surface area contributed by atoms with Crippen LogP contribution in [0, 0.1) is 0 Å². The van der Waals surface area contributed by atoms with E-state index in [1.165, 1.54) is 22.3 Å². The van der Waals surface area contributed by atoms with Crippen LogP contribution in [0.25, 0.3) is 11.1 Å². The van der Waals surface area contributed by atoms with Crippen molar-refractivity contribution in [1.82, 2.24) is 4.90 Å². The van der Waals surface area contributed by atoms with Crippen LogP contribution in [0.3, 0.4) is 0 Å². The molecule has 4 rings (SSSR count). The first-order valence-electron chi connectivity index (χ1n) is 9.35. The van der Waals surface area contributed by atoms with Gasteiger partial charge in [0.1, 0.15) is 5.78 Å². The quantitative estimate of drug-likeness (QED) is 0.751. The van der Waals surface area contributed by atoms with Gasteiger partial charge in [-0.1, -0.05) is 48.5 Å². The summed E-state index contributed by atoms with van der Waals surface area (Å²) in [6.45, 7) is 4.81. The predicted molar refractivity (Wildman–Crippen MR) is 99.8 cm³/mol. The summed E-state index contributed by atoms with van der Waals surface area (Å²) >= 11 is 0. The Morgan fingerprint density at radius 1 is 0.920 bits per heavy atom. The maximum atomic E-state index is 13.0. The van der Waals surface area contributed by atoms with E-state index in [0.717, 1.165) is 45.7 Å². The van der Waals surface area contributed by atoms with E-state index >= 15 is 0 Å². The van der Waals surface area contributed by atoms with Gasteiger partial charge in [-0.25, -0.2) is 0 Å². The van der Waals surface area contributed by atoms with Gasteiger partial charge in [0.25, 0.3) is 0 Å². The van der Waals surface area contributed by atoms with Gasteiger partial charge in [0.15, 0.2) is 0 Å². The summed E-state index contributed by atoms with van der Waals surface area (Å²) in [5.41, 5.74) is 4.82. The fraction of sp³-hybridized carbons (Fsp3) is 0.409. The van der Waals surface area contributed by atoms with Crippen LogP contribution < -0.4 is 0 Å². The van der Waals surface area contributed by atoms with Crippen molar-refractivity contribution in [3.63, 3.8) is 0 Å². The average molecular weight is 335 g/mol. The topological polar surface area (TPSA) is 29.5 Å². The van der Waals surface area contributed by atoms with Crippen LogP contribution in [0.4, 0.5) is 0 Å². The van der Waals surface area contributed by atoms with Crippen molar-refractivity contribution < 1.29 is 9.53 Å². The minimum Gasteiger partial charge on any atom is -0.379 e. The van der Waals surface area contributed by atoms with E-state index in [-0.39, 0.29) is 5.92 Å². The van der Waals surface area contributed by atoms with Crippen LogP contribution in [0.2, 0.25) is 0 Å². The lowest BCUT2D eigenvalue weighted by molar-refractivity contribution is -0.119. The molecule has 0 N–H and O–H groups in total. The van der Waals surface area contributed by atoms with Crippen molar-refractivity contribution >= 4 is 5.78 Å². The lowest BCUT2D eigenvalue weighted by Gasteiger charge is -2.26. The molecule has 0 aromatic heterocycles. The van der Waals surface area contributed by atoms with Crippen molar-refractivity contribution in [3.05, 3.63) is 59.7 Å². The number of carbonyl (C=O) groups is 1. The molecule has 3 nitrogen and oxygen atoms in total. The molecule has 1 saturated heterocycles. The van der Waals surface area contributed by atoms with Crippen LogP contribution in [0.15, 0.2) is 48.5 Å². The molecule has 2 aromatic carbocycles. The first kappa shape index (κ1) is 16.5. The second-order valence-corrected chi connectivity index (χ2v) is 6.98. The first-order chi connectivity index (χ1) is 12.3. The number of morpholine rings is 1. The normalized spacial score (nSPS) is 17.3. The van der Waals surface area contributed by atoms with Gasteiger partial charge in [-0.3, -0.25) is 9.69 Å². The number of carbonyl (C=O) groups excluding carboxylic acids is 1. The summed E-state index contributed by atoms with van der Waals surface area (Å²) in [5.74, 6) is 0.287. The fourth-order valence-corrected chi connectivity index (χ4v) is 4.11. The largest absolute Gasteiger partial charge is 0.379 e. The monoisotopic (exact) mass is 335 g/mol. The van der Waals surface area contributed by atoms with Crippen LogP contribution >= 0.6 is 0 Å². The summed E-state index contributed by atoms with van der Waals surface area (Å²) in [6.07, 6.45) is 2.72. The molecule has 0 amide bonds. The Balaban J connectivity index is 1.40. The number of ketones is 1. The zero-order valence-electron chi connectivity index (χ0n) is 14.6.